The summed E-state index contributed by atoms with van der Waals surface area (Å²) in [6, 6.07) is 11.3. The molecular formula is C17H20N4O2. The predicted molar refractivity (Wildman–Crippen MR) is 91.0 cm³/mol. The molecule has 120 valence electrons. The number of nitrogens with two attached hydrogens (primary N) is 2. The SMILES string of the molecule is COc1ccc(CN2C=Nc3cc(N)ccc3C2N)c(OC)c1. The molecule has 0 amide bonds. The Morgan fingerprint density at radius 3 is 2.70 bits per heavy atom. The quantitative estimate of drug-likeness (QED) is 0.847. The molecule has 0 radical (unpaired) electrons. The Bertz CT molecular complexity index is 745. The molecule has 23 heavy (non-hydrogen) atoms. The molecule has 0 aromatic heterocycles. The molecule has 6 heteroatoms. The monoisotopic (exact) mass is 312 g/mol. The first-order chi connectivity index (χ1) is 11.1. The van der Waals surface area contributed by atoms with Crippen LogP contribution >= 0.6 is 0 Å². The molecule has 6 nitrogen and oxygen atoms in total. The van der Waals surface area contributed by atoms with Crippen LogP contribution in [-0.4, -0.2) is 25.5 Å². The van der Waals surface area contributed by atoms with E-state index in [2.05, 4.69) is 4.99 Å². The van der Waals surface area contributed by atoms with Crippen molar-refractivity contribution in [2.75, 3.05) is 20.0 Å². The molecule has 2 aromatic rings. The minimum absolute atomic E-state index is 0.282. The van der Waals surface area contributed by atoms with E-state index in [4.69, 9.17) is 20.9 Å². The molecule has 4 N–H and O–H groups in total. The van der Waals surface area contributed by atoms with E-state index < -0.39 is 0 Å². The third kappa shape index (κ3) is 2.93. The van der Waals surface area contributed by atoms with Crippen LogP contribution in [0.5, 0.6) is 11.5 Å². The van der Waals surface area contributed by atoms with Crippen molar-refractivity contribution >= 4 is 17.7 Å². The van der Waals surface area contributed by atoms with Crippen LogP contribution in [0.1, 0.15) is 17.3 Å². The van der Waals surface area contributed by atoms with Gasteiger partial charge in [-0.3, -0.25) is 0 Å². The Morgan fingerprint density at radius 2 is 1.96 bits per heavy atom. The second-order valence-electron chi connectivity index (χ2n) is 5.36. The first kappa shape index (κ1) is 15.2. The Labute approximate surface area is 135 Å². The van der Waals surface area contributed by atoms with Crippen LogP contribution in [0.2, 0.25) is 0 Å². The van der Waals surface area contributed by atoms with Gasteiger partial charge in [-0.25, -0.2) is 4.99 Å². The van der Waals surface area contributed by atoms with Crippen molar-refractivity contribution in [2.45, 2.75) is 12.7 Å². The summed E-state index contributed by atoms with van der Waals surface area (Å²) in [7, 11) is 3.27. The molecule has 0 fully saturated rings. The highest BCUT2D eigenvalue weighted by atomic mass is 16.5. The van der Waals surface area contributed by atoms with Crippen molar-refractivity contribution in [2.24, 2.45) is 10.7 Å². The molecule has 2 aromatic carbocycles. The number of ether oxygens (including phenoxy) is 2. The van der Waals surface area contributed by atoms with Gasteiger partial charge in [-0.1, -0.05) is 6.07 Å². The molecule has 1 aliphatic rings. The summed E-state index contributed by atoms with van der Waals surface area (Å²) in [5, 5.41) is 0. The molecule has 3 rings (SSSR count). The lowest BCUT2D eigenvalue weighted by atomic mass is 10.1. The second kappa shape index (κ2) is 6.18. The fourth-order valence-corrected chi connectivity index (χ4v) is 2.63. The summed E-state index contributed by atoms with van der Waals surface area (Å²) in [5.74, 6) is 1.51. The number of anilines is 1. The molecule has 1 atom stereocenters. The van der Waals surface area contributed by atoms with E-state index in [1.165, 1.54) is 0 Å². The number of rotatable bonds is 4. The molecule has 0 spiro atoms. The predicted octanol–water partition coefficient (Wildman–Crippen LogP) is 2.42. The number of aliphatic imine (C=N–C) groups is 1. The summed E-state index contributed by atoms with van der Waals surface area (Å²) in [6.07, 6.45) is 1.46. The molecular weight excluding hydrogens is 292 g/mol. The smallest absolute Gasteiger partial charge is 0.127 e. The lowest BCUT2D eigenvalue weighted by Gasteiger charge is -2.31. The van der Waals surface area contributed by atoms with Gasteiger partial charge in [-0.05, 0) is 24.3 Å². The third-order valence-electron chi connectivity index (χ3n) is 3.92. The van der Waals surface area contributed by atoms with Crippen LogP contribution in [0.25, 0.3) is 0 Å². The normalized spacial score (nSPS) is 16.1. The van der Waals surface area contributed by atoms with Crippen molar-refractivity contribution < 1.29 is 9.47 Å². The van der Waals surface area contributed by atoms with Gasteiger partial charge in [0.25, 0.3) is 0 Å². The average Bonchev–Trinajstić information content (AvgIpc) is 2.57. The Hall–Kier alpha value is -2.73. The van der Waals surface area contributed by atoms with Gasteiger partial charge in [0.05, 0.1) is 26.2 Å². The highest BCUT2D eigenvalue weighted by Gasteiger charge is 2.22. The van der Waals surface area contributed by atoms with Crippen molar-refractivity contribution in [3.05, 3.63) is 47.5 Å². The van der Waals surface area contributed by atoms with Crippen LogP contribution in [0, 0.1) is 0 Å². The van der Waals surface area contributed by atoms with Crippen LogP contribution in [0.3, 0.4) is 0 Å². The molecule has 0 bridgehead atoms. The van der Waals surface area contributed by atoms with Crippen molar-refractivity contribution in [1.29, 1.82) is 0 Å². The number of nitrogen functional groups attached to an aromatic ring is 1. The van der Waals surface area contributed by atoms with Crippen LogP contribution in [-0.2, 0) is 6.54 Å². The molecule has 1 unspecified atom stereocenters. The van der Waals surface area contributed by atoms with Crippen LogP contribution in [0.4, 0.5) is 11.4 Å². The number of hydrogen-bond acceptors (Lipinski definition) is 6. The first-order valence-corrected chi connectivity index (χ1v) is 7.28. The molecule has 1 heterocycles. The lowest BCUT2D eigenvalue weighted by Crippen LogP contribution is -2.35. The maximum Gasteiger partial charge on any atom is 0.127 e. The second-order valence-corrected chi connectivity index (χ2v) is 5.36. The highest BCUT2D eigenvalue weighted by Crippen LogP contribution is 2.33. The maximum atomic E-state index is 6.36. The zero-order chi connectivity index (χ0) is 16.4. The summed E-state index contributed by atoms with van der Waals surface area (Å²) in [4.78, 5) is 6.41. The van der Waals surface area contributed by atoms with E-state index in [-0.39, 0.29) is 6.17 Å². The molecule has 0 saturated carbocycles. The zero-order valence-corrected chi connectivity index (χ0v) is 13.2. The van der Waals surface area contributed by atoms with Gasteiger partial charge in [0.15, 0.2) is 0 Å². The topological polar surface area (TPSA) is 86.1 Å². The number of methoxy groups -OCH3 is 2. The Balaban J connectivity index is 1.86. The summed E-state index contributed by atoms with van der Waals surface area (Å²) in [6.45, 7) is 0.585. The average molecular weight is 312 g/mol. The zero-order valence-electron chi connectivity index (χ0n) is 13.2. The number of hydrogen-bond donors (Lipinski definition) is 2. The van der Waals surface area contributed by atoms with E-state index in [1.54, 1.807) is 20.6 Å². The third-order valence-corrected chi connectivity index (χ3v) is 3.92. The first-order valence-electron chi connectivity index (χ1n) is 7.28. The van der Waals surface area contributed by atoms with Crippen LogP contribution < -0.4 is 20.9 Å². The van der Waals surface area contributed by atoms with Gasteiger partial charge in [0.1, 0.15) is 17.7 Å². The van der Waals surface area contributed by atoms with E-state index in [1.807, 2.05) is 41.3 Å². The molecule has 1 aliphatic heterocycles. The number of fused-ring (bicyclic) bond motifs is 1. The standard InChI is InChI=1S/C17H20N4O2/c1-22-13-5-3-11(16(8-13)23-2)9-21-10-20-15-7-12(18)4-6-14(15)17(21)19/h3-8,10,17H,9,18-19H2,1-2H3. The van der Waals surface area contributed by atoms with Crippen molar-refractivity contribution in [3.63, 3.8) is 0 Å². The van der Waals surface area contributed by atoms with Gasteiger partial charge in [-0.15, -0.1) is 0 Å². The summed E-state index contributed by atoms with van der Waals surface area (Å²) < 4.78 is 10.7. The molecule has 0 aliphatic carbocycles. The van der Waals surface area contributed by atoms with Crippen molar-refractivity contribution in [1.82, 2.24) is 4.90 Å². The van der Waals surface area contributed by atoms with Gasteiger partial charge in [0, 0.05) is 29.4 Å². The fraction of sp³-hybridized carbons (Fsp3) is 0.235. The van der Waals surface area contributed by atoms with E-state index in [0.29, 0.717) is 12.2 Å². The molecule has 0 saturated heterocycles. The number of benzene rings is 2. The summed E-state index contributed by atoms with van der Waals surface area (Å²) >= 11 is 0. The highest BCUT2D eigenvalue weighted by molar-refractivity contribution is 5.70. The summed E-state index contributed by atoms with van der Waals surface area (Å²) in [5.41, 5.74) is 15.6. The fourth-order valence-electron chi connectivity index (χ4n) is 2.63. The van der Waals surface area contributed by atoms with Gasteiger partial charge in [-0.2, -0.15) is 0 Å². The maximum absolute atomic E-state index is 6.36. The largest absolute Gasteiger partial charge is 0.497 e. The number of nitrogens with zero attached hydrogens (tertiary/aromatic N) is 2. The van der Waals surface area contributed by atoms with Gasteiger partial charge >= 0.3 is 0 Å². The minimum atomic E-state index is -0.282. The van der Waals surface area contributed by atoms with E-state index >= 15 is 0 Å². The lowest BCUT2D eigenvalue weighted by molar-refractivity contribution is 0.313. The minimum Gasteiger partial charge on any atom is -0.497 e. The van der Waals surface area contributed by atoms with E-state index in [9.17, 15) is 0 Å². The van der Waals surface area contributed by atoms with Crippen molar-refractivity contribution in [3.8, 4) is 11.5 Å². The van der Waals surface area contributed by atoms with Gasteiger partial charge < -0.3 is 25.8 Å². The Morgan fingerprint density at radius 1 is 1.13 bits per heavy atom. The van der Waals surface area contributed by atoms with Crippen LogP contribution in [0.15, 0.2) is 41.4 Å². The van der Waals surface area contributed by atoms with Gasteiger partial charge in [0.2, 0.25) is 0 Å². The van der Waals surface area contributed by atoms with E-state index in [0.717, 1.165) is 28.3 Å². The Kier molecular flexibility index (Phi) is 4.08.